The van der Waals surface area contributed by atoms with Crippen LogP contribution in [0.4, 0.5) is 4.79 Å². The molecule has 0 unspecified atom stereocenters. The first kappa shape index (κ1) is 15.7. The standard InChI is InChI=1S/C2H6N2O2.2H3N/c3-2(6)4-1-5;;/h5H,1H2,(H3,3,4,6);2*1H3. The van der Waals surface area contributed by atoms with Crippen LogP contribution in [0.3, 0.4) is 0 Å². The molecule has 0 spiro atoms. The van der Waals surface area contributed by atoms with Crippen molar-refractivity contribution in [2.75, 3.05) is 6.73 Å². The Morgan fingerprint density at radius 2 is 2.00 bits per heavy atom. The Kier molecular flexibility index (Phi) is 18.6. The SMILES string of the molecule is N.N.NC(=O)NCO. The van der Waals surface area contributed by atoms with Crippen LogP contribution in [0.5, 0.6) is 0 Å². The number of amides is 2. The molecule has 0 fully saturated rings. The molecule has 2 amide bonds. The van der Waals surface area contributed by atoms with E-state index in [2.05, 4.69) is 5.73 Å². The molecule has 6 nitrogen and oxygen atoms in total. The number of carbonyl (C=O) groups is 1. The van der Waals surface area contributed by atoms with Crippen molar-refractivity contribution in [3.8, 4) is 0 Å². The predicted molar refractivity (Wildman–Crippen MR) is 29.8 cm³/mol. The molecule has 6 heteroatoms. The van der Waals surface area contributed by atoms with Gasteiger partial charge in [0.25, 0.3) is 0 Å². The van der Waals surface area contributed by atoms with Crippen molar-refractivity contribution in [3.05, 3.63) is 0 Å². The Balaban J connectivity index is -0.000000125. The Morgan fingerprint density at radius 1 is 1.62 bits per heavy atom. The largest absolute Gasteiger partial charge is 0.376 e. The van der Waals surface area contributed by atoms with E-state index in [4.69, 9.17) is 5.11 Å². The summed E-state index contributed by atoms with van der Waals surface area (Å²) < 4.78 is 0. The number of carbonyl (C=O) groups excluding carboxylic acids is 1. The van der Waals surface area contributed by atoms with Crippen LogP contribution in [0.15, 0.2) is 0 Å². The molecule has 0 aliphatic rings. The van der Waals surface area contributed by atoms with Gasteiger partial charge in [-0.25, -0.2) is 4.79 Å². The molecule has 10 N–H and O–H groups in total. The first-order valence-electron chi connectivity index (χ1n) is 1.41. The number of rotatable bonds is 1. The third kappa shape index (κ3) is 19.2. The topological polar surface area (TPSA) is 145 Å². The molecule has 0 aliphatic carbocycles. The molecular formula is C2H12N4O2. The summed E-state index contributed by atoms with van der Waals surface area (Å²) in [5, 5.41) is 9.73. The zero-order valence-corrected chi connectivity index (χ0v) is 4.55. The molecule has 0 atom stereocenters. The summed E-state index contributed by atoms with van der Waals surface area (Å²) in [5.41, 5.74) is 4.49. The summed E-state index contributed by atoms with van der Waals surface area (Å²) in [6.07, 6.45) is 0. The second kappa shape index (κ2) is 9.47. The first-order valence-corrected chi connectivity index (χ1v) is 1.41. The summed E-state index contributed by atoms with van der Waals surface area (Å²) in [6, 6.07) is -0.711. The van der Waals surface area contributed by atoms with Crippen LogP contribution in [0.2, 0.25) is 0 Å². The lowest BCUT2D eigenvalue weighted by Gasteiger charge is -1.88. The van der Waals surface area contributed by atoms with Gasteiger partial charge in [-0.1, -0.05) is 0 Å². The van der Waals surface area contributed by atoms with Crippen LogP contribution < -0.4 is 23.4 Å². The summed E-state index contributed by atoms with van der Waals surface area (Å²) in [7, 11) is 0. The van der Waals surface area contributed by atoms with E-state index >= 15 is 0 Å². The normalized spacial score (nSPS) is 5.62. The lowest BCUT2D eigenvalue weighted by Crippen LogP contribution is -2.29. The number of aliphatic hydroxyl groups is 1. The average molecular weight is 124 g/mol. The highest BCUT2D eigenvalue weighted by Gasteiger charge is 1.80. The van der Waals surface area contributed by atoms with Gasteiger partial charge in [-0.15, -0.1) is 0 Å². The fraction of sp³-hybridized carbons (Fsp3) is 0.500. The van der Waals surface area contributed by atoms with Crippen molar-refractivity contribution in [1.29, 1.82) is 0 Å². The maximum absolute atomic E-state index is 9.55. The predicted octanol–water partition coefficient (Wildman–Crippen LogP) is -1.07. The molecule has 0 saturated heterocycles. The van der Waals surface area contributed by atoms with Crippen molar-refractivity contribution in [2.45, 2.75) is 0 Å². The van der Waals surface area contributed by atoms with Crippen LogP contribution in [-0.4, -0.2) is 17.9 Å². The van der Waals surface area contributed by atoms with E-state index in [0.717, 1.165) is 0 Å². The van der Waals surface area contributed by atoms with Crippen LogP contribution in [-0.2, 0) is 0 Å². The van der Waals surface area contributed by atoms with Crippen molar-refractivity contribution >= 4 is 6.03 Å². The highest BCUT2D eigenvalue weighted by atomic mass is 16.3. The van der Waals surface area contributed by atoms with Gasteiger partial charge < -0.3 is 28.5 Å². The third-order valence-corrected chi connectivity index (χ3v) is 0.253. The van der Waals surface area contributed by atoms with Gasteiger partial charge in [-0.2, -0.15) is 0 Å². The Morgan fingerprint density at radius 3 is 2.00 bits per heavy atom. The molecule has 0 radical (unpaired) electrons. The number of nitrogens with one attached hydrogen (secondary N) is 1. The molecule has 0 rings (SSSR count). The van der Waals surface area contributed by atoms with Gasteiger partial charge in [0.05, 0.1) is 0 Å². The summed E-state index contributed by atoms with van der Waals surface area (Å²) >= 11 is 0. The van der Waals surface area contributed by atoms with E-state index in [1.54, 1.807) is 0 Å². The van der Waals surface area contributed by atoms with Crippen LogP contribution >= 0.6 is 0 Å². The summed E-state index contributed by atoms with van der Waals surface area (Å²) in [5.74, 6) is 0. The fourth-order valence-corrected chi connectivity index (χ4v) is 0.0779. The van der Waals surface area contributed by atoms with Gasteiger partial charge in [-0.3, -0.25) is 0 Å². The molecular weight excluding hydrogens is 112 g/mol. The van der Waals surface area contributed by atoms with E-state index < -0.39 is 12.8 Å². The highest BCUT2D eigenvalue weighted by molar-refractivity contribution is 5.71. The Bertz CT molecular complexity index is 56.0. The van der Waals surface area contributed by atoms with E-state index in [9.17, 15) is 4.79 Å². The zero-order valence-electron chi connectivity index (χ0n) is 4.55. The van der Waals surface area contributed by atoms with Crippen molar-refractivity contribution in [2.24, 2.45) is 5.73 Å². The van der Waals surface area contributed by atoms with Crippen LogP contribution in [0, 0.1) is 0 Å². The molecule has 8 heavy (non-hydrogen) atoms. The molecule has 52 valence electrons. The highest BCUT2D eigenvalue weighted by Crippen LogP contribution is 1.45. The van der Waals surface area contributed by atoms with Gasteiger partial charge >= 0.3 is 6.03 Å². The molecule has 0 aromatic carbocycles. The number of nitrogens with two attached hydrogens (primary N) is 1. The second-order valence-electron chi connectivity index (χ2n) is 0.699. The molecule has 0 aromatic rings. The average Bonchev–Trinajstić information content (AvgIpc) is 1.35. The number of urea groups is 1. The minimum absolute atomic E-state index is 0. The van der Waals surface area contributed by atoms with Crippen molar-refractivity contribution in [1.82, 2.24) is 17.6 Å². The van der Waals surface area contributed by atoms with E-state index in [1.807, 2.05) is 5.32 Å². The maximum atomic E-state index is 9.55. The van der Waals surface area contributed by atoms with Gasteiger partial charge in [0.2, 0.25) is 0 Å². The lowest BCUT2D eigenvalue weighted by atomic mass is 11.0. The third-order valence-electron chi connectivity index (χ3n) is 0.253. The number of aliphatic hydroxyl groups excluding tert-OH is 1. The van der Waals surface area contributed by atoms with Crippen molar-refractivity contribution in [3.63, 3.8) is 0 Å². The molecule has 0 aliphatic heterocycles. The van der Waals surface area contributed by atoms with Crippen molar-refractivity contribution < 1.29 is 9.90 Å². The lowest BCUT2D eigenvalue weighted by molar-refractivity contribution is 0.225. The number of hydrogen-bond acceptors (Lipinski definition) is 4. The minimum Gasteiger partial charge on any atom is -0.376 e. The zero-order chi connectivity index (χ0) is 4.99. The smallest absolute Gasteiger partial charge is 0.313 e. The number of hydrogen-bond donors (Lipinski definition) is 5. The number of primary amides is 1. The van der Waals surface area contributed by atoms with Crippen LogP contribution in [0.1, 0.15) is 0 Å². The molecule has 0 saturated carbocycles. The van der Waals surface area contributed by atoms with Gasteiger partial charge in [0, 0.05) is 0 Å². The molecule has 0 heterocycles. The maximum Gasteiger partial charge on any atom is 0.313 e. The van der Waals surface area contributed by atoms with Gasteiger partial charge in [0.1, 0.15) is 6.73 Å². The monoisotopic (exact) mass is 124 g/mol. The molecule has 0 bridgehead atoms. The van der Waals surface area contributed by atoms with E-state index in [0.29, 0.717) is 0 Å². The molecule has 0 aromatic heterocycles. The summed E-state index contributed by atoms with van der Waals surface area (Å²) in [6.45, 7) is -0.394. The Hall–Kier alpha value is -0.850. The van der Waals surface area contributed by atoms with Gasteiger partial charge in [-0.05, 0) is 0 Å². The van der Waals surface area contributed by atoms with Crippen LogP contribution in [0.25, 0.3) is 0 Å². The quantitative estimate of drug-likeness (QED) is 0.283. The minimum atomic E-state index is -0.711. The Labute approximate surface area is 47.2 Å². The van der Waals surface area contributed by atoms with Gasteiger partial charge in [0.15, 0.2) is 0 Å². The second-order valence-corrected chi connectivity index (χ2v) is 0.699. The fourth-order valence-electron chi connectivity index (χ4n) is 0.0779. The summed E-state index contributed by atoms with van der Waals surface area (Å²) in [4.78, 5) is 9.55. The van der Waals surface area contributed by atoms with E-state index in [-0.39, 0.29) is 12.3 Å². The first-order chi connectivity index (χ1) is 2.77. The van der Waals surface area contributed by atoms with E-state index in [1.165, 1.54) is 0 Å².